The molecule has 150 valence electrons. The van der Waals surface area contributed by atoms with Gasteiger partial charge in [-0.15, -0.1) is 0 Å². The van der Waals surface area contributed by atoms with Crippen LogP contribution in [0.2, 0.25) is 0 Å². The average molecular weight is 390 g/mol. The molecule has 0 aromatic heterocycles. The van der Waals surface area contributed by atoms with E-state index < -0.39 is 5.97 Å². The zero-order chi connectivity index (χ0) is 21.0. The minimum absolute atomic E-state index is 0.0151. The van der Waals surface area contributed by atoms with Gasteiger partial charge in [-0.3, -0.25) is 4.79 Å². The zero-order valence-corrected chi connectivity index (χ0v) is 17.2. The maximum Gasteiger partial charge on any atom is 0.307 e. The molecule has 0 amide bonds. The fourth-order valence-corrected chi connectivity index (χ4v) is 3.34. The van der Waals surface area contributed by atoms with E-state index in [9.17, 15) is 4.79 Å². The molecule has 0 bridgehead atoms. The maximum absolute atomic E-state index is 10.9. The van der Waals surface area contributed by atoms with Gasteiger partial charge in [0.1, 0.15) is 17.2 Å². The highest BCUT2D eigenvalue weighted by atomic mass is 16.5. The van der Waals surface area contributed by atoms with Gasteiger partial charge < -0.3 is 14.6 Å². The number of methoxy groups -OCH3 is 1. The summed E-state index contributed by atoms with van der Waals surface area (Å²) in [5.41, 5.74) is 3.93. The fraction of sp³-hybridized carbons (Fsp3) is 0.240. The predicted octanol–water partition coefficient (Wildman–Crippen LogP) is 5.75. The normalized spacial score (nSPS) is 11.2. The van der Waals surface area contributed by atoms with E-state index in [2.05, 4.69) is 38.1 Å². The third kappa shape index (κ3) is 4.77. The van der Waals surface area contributed by atoms with Crippen molar-refractivity contribution in [2.24, 2.45) is 0 Å². The summed E-state index contributed by atoms with van der Waals surface area (Å²) in [5, 5.41) is 8.96. The van der Waals surface area contributed by atoms with E-state index in [1.54, 1.807) is 19.2 Å². The first-order chi connectivity index (χ1) is 13.8. The van der Waals surface area contributed by atoms with Crippen molar-refractivity contribution >= 4 is 5.97 Å². The van der Waals surface area contributed by atoms with Crippen molar-refractivity contribution in [1.82, 2.24) is 0 Å². The van der Waals surface area contributed by atoms with Gasteiger partial charge in [0.25, 0.3) is 0 Å². The van der Waals surface area contributed by atoms with Crippen molar-refractivity contribution in [3.05, 3.63) is 89.0 Å². The lowest BCUT2D eigenvalue weighted by molar-refractivity contribution is -0.136. The first kappa shape index (κ1) is 20.5. The van der Waals surface area contributed by atoms with E-state index in [0.717, 1.165) is 22.6 Å². The number of carbonyl (C=O) groups is 1. The molecule has 0 unspecified atom stereocenters. The smallest absolute Gasteiger partial charge is 0.307 e. The Morgan fingerprint density at radius 3 is 1.86 bits per heavy atom. The molecule has 1 N–H and O–H groups in total. The summed E-state index contributed by atoms with van der Waals surface area (Å²) >= 11 is 0. The summed E-state index contributed by atoms with van der Waals surface area (Å²) < 4.78 is 11.2. The summed E-state index contributed by atoms with van der Waals surface area (Å²) in [7, 11) is 1.67. The second-order valence-electron chi connectivity index (χ2n) is 7.64. The molecule has 0 atom stereocenters. The summed E-state index contributed by atoms with van der Waals surface area (Å²) in [6, 6.07) is 21.7. The lowest BCUT2D eigenvalue weighted by atomic mass is 9.78. The first-order valence-corrected chi connectivity index (χ1v) is 9.54. The fourth-order valence-electron chi connectivity index (χ4n) is 3.34. The molecular formula is C25H26O4. The molecular weight excluding hydrogens is 364 g/mol. The standard InChI is InChI=1S/C25H26O4/c1-17-15-23(10-5-18(17)16-24(26)27)29-22-13-8-20(9-14-22)25(2,3)19-6-11-21(28-4)12-7-19/h5-15H,16H2,1-4H3,(H,26,27). The van der Waals surface area contributed by atoms with Gasteiger partial charge >= 0.3 is 5.97 Å². The van der Waals surface area contributed by atoms with Crippen LogP contribution in [0.3, 0.4) is 0 Å². The third-order valence-corrected chi connectivity index (χ3v) is 5.28. The van der Waals surface area contributed by atoms with Crippen LogP contribution in [0.5, 0.6) is 17.2 Å². The molecule has 4 heteroatoms. The van der Waals surface area contributed by atoms with Crippen LogP contribution in [-0.2, 0) is 16.6 Å². The largest absolute Gasteiger partial charge is 0.497 e. The van der Waals surface area contributed by atoms with Crippen LogP contribution >= 0.6 is 0 Å². The van der Waals surface area contributed by atoms with Gasteiger partial charge in [-0.25, -0.2) is 0 Å². The van der Waals surface area contributed by atoms with E-state index in [0.29, 0.717) is 5.75 Å². The number of hydrogen-bond donors (Lipinski definition) is 1. The Labute approximate surface area is 171 Å². The Hall–Kier alpha value is -3.27. The molecule has 4 nitrogen and oxygen atoms in total. The van der Waals surface area contributed by atoms with Crippen LogP contribution < -0.4 is 9.47 Å². The second-order valence-corrected chi connectivity index (χ2v) is 7.64. The Morgan fingerprint density at radius 1 is 0.862 bits per heavy atom. The van der Waals surface area contributed by atoms with E-state index in [-0.39, 0.29) is 11.8 Å². The van der Waals surface area contributed by atoms with E-state index >= 15 is 0 Å². The van der Waals surface area contributed by atoms with Crippen molar-refractivity contribution in [2.75, 3.05) is 7.11 Å². The minimum atomic E-state index is -0.836. The summed E-state index contributed by atoms with van der Waals surface area (Å²) in [4.78, 5) is 10.9. The van der Waals surface area contributed by atoms with Gasteiger partial charge in [-0.05, 0) is 65.6 Å². The lowest BCUT2D eigenvalue weighted by Crippen LogP contribution is -2.18. The molecule has 0 heterocycles. The average Bonchev–Trinajstić information content (AvgIpc) is 2.70. The number of benzene rings is 3. The van der Waals surface area contributed by atoms with Gasteiger partial charge in [0.05, 0.1) is 13.5 Å². The summed E-state index contributed by atoms with van der Waals surface area (Å²) in [6.07, 6.45) is 0.0151. The Morgan fingerprint density at radius 2 is 1.38 bits per heavy atom. The van der Waals surface area contributed by atoms with E-state index in [1.165, 1.54) is 11.1 Å². The van der Waals surface area contributed by atoms with Crippen molar-refractivity contribution < 1.29 is 19.4 Å². The molecule has 0 aliphatic carbocycles. The number of ether oxygens (including phenoxy) is 2. The van der Waals surface area contributed by atoms with Crippen LogP contribution in [0.4, 0.5) is 0 Å². The number of carboxylic acid groups (broad SMARTS) is 1. The van der Waals surface area contributed by atoms with Crippen LogP contribution in [-0.4, -0.2) is 18.2 Å². The Bertz CT molecular complexity index is 986. The predicted molar refractivity (Wildman–Crippen MR) is 114 cm³/mol. The quantitative estimate of drug-likeness (QED) is 0.558. The maximum atomic E-state index is 10.9. The Kier molecular flexibility index (Phi) is 5.92. The van der Waals surface area contributed by atoms with Gasteiger partial charge in [-0.2, -0.15) is 0 Å². The highest BCUT2D eigenvalue weighted by molar-refractivity contribution is 5.70. The van der Waals surface area contributed by atoms with Crippen LogP contribution in [0.15, 0.2) is 66.7 Å². The molecule has 29 heavy (non-hydrogen) atoms. The summed E-state index contributed by atoms with van der Waals surface area (Å²) in [5.74, 6) is 1.44. The molecule has 3 aromatic carbocycles. The molecule has 0 saturated heterocycles. The molecule has 0 aliphatic rings. The minimum Gasteiger partial charge on any atom is -0.497 e. The van der Waals surface area contributed by atoms with Crippen LogP contribution in [0.1, 0.15) is 36.1 Å². The molecule has 0 fully saturated rings. The SMILES string of the molecule is COc1ccc(C(C)(C)c2ccc(Oc3ccc(CC(=O)O)c(C)c3)cc2)cc1. The van der Waals surface area contributed by atoms with Crippen LogP contribution in [0.25, 0.3) is 0 Å². The van der Waals surface area contributed by atoms with Crippen molar-refractivity contribution in [3.8, 4) is 17.2 Å². The molecule has 0 spiro atoms. The van der Waals surface area contributed by atoms with Crippen LogP contribution in [0, 0.1) is 6.92 Å². The highest BCUT2D eigenvalue weighted by Gasteiger charge is 2.23. The molecule has 3 aromatic rings. The number of hydrogen-bond acceptors (Lipinski definition) is 3. The molecule has 0 radical (unpaired) electrons. The van der Waals surface area contributed by atoms with E-state index in [4.69, 9.17) is 14.6 Å². The van der Waals surface area contributed by atoms with Crippen molar-refractivity contribution in [2.45, 2.75) is 32.6 Å². The number of rotatable bonds is 7. The third-order valence-electron chi connectivity index (χ3n) is 5.28. The Balaban J connectivity index is 1.75. The van der Waals surface area contributed by atoms with Gasteiger partial charge in [0, 0.05) is 5.41 Å². The number of aryl methyl sites for hydroxylation is 1. The highest BCUT2D eigenvalue weighted by Crippen LogP contribution is 2.34. The monoisotopic (exact) mass is 390 g/mol. The van der Waals surface area contributed by atoms with Crippen molar-refractivity contribution in [1.29, 1.82) is 0 Å². The van der Waals surface area contributed by atoms with Gasteiger partial charge in [0.2, 0.25) is 0 Å². The lowest BCUT2D eigenvalue weighted by Gasteiger charge is -2.26. The van der Waals surface area contributed by atoms with Gasteiger partial charge in [0.15, 0.2) is 0 Å². The van der Waals surface area contributed by atoms with E-state index in [1.807, 2.05) is 37.3 Å². The summed E-state index contributed by atoms with van der Waals surface area (Å²) in [6.45, 7) is 6.27. The first-order valence-electron chi connectivity index (χ1n) is 9.54. The molecule has 0 saturated carbocycles. The molecule has 3 rings (SSSR count). The number of aliphatic carboxylic acids is 1. The second kappa shape index (κ2) is 8.39. The van der Waals surface area contributed by atoms with Crippen molar-refractivity contribution in [3.63, 3.8) is 0 Å². The molecule has 0 aliphatic heterocycles. The zero-order valence-electron chi connectivity index (χ0n) is 17.2. The van der Waals surface area contributed by atoms with Gasteiger partial charge in [-0.1, -0.05) is 44.2 Å². The number of carboxylic acids is 1. The topological polar surface area (TPSA) is 55.8 Å².